The second kappa shape index (κ2) is 9.61. The van der Waals surface area contributed by atoms with Crippen LogP contribution in [-0.4, -0.2) is 29.1 Å². The number of benzene rings is 2. The summed E-state index contributed by atoms with van der Waals surface area (Å²) >= 11 is 0. The molecule has 5 nitrogen and oxygen atoms in total. The third-order valence-electron chi connectivity index (χ3n) is 4.00. The van der Waals surface area contributed by atoms with E-state index in [9.17, 15) is 53.5 Å². The summed E-state index contributed by atoms with van der Waals surface area (Å²) in [6, 6.07) is 0. The number of hydrogen-bond acceptors (Lipinski definition) is 5. The molecule has 0 N–H and O–H groups in total. The minimum atomic E-state index is -4.04. The summed E-state index contributed by atoms with van der Waals surface area (Å²) in [7, 11) is -8.07. The Balaban J connectivity index is 2.29. The Morgan fingerprint density at radius 1 is 0.457 bits per heavy atom. The minimum Gasteiger partial charge on any atom is -0.491 e. The van der Waals surface area contributed by atoms with Gasteiger partial charge in [0.15, 0.2) is 46.5 Å². The molecule has 0 radical (unpaired) electrons. The summed E-state index contributed by atoms with van der Waals surface area (Å²) in [6.07, 6.45) is 0. The van der Waals surface area contributed by atoms with Crippen molar-refractivity contribution >= 4 is 29.1 Å². The van der Waals surface area contributed by atoms with Crippen LogP contribution >= 0.6 is 0 Å². The Morgan fingerprint density at radius 3 is 0.886 bits per heavy atom. The van der Waals surface area contributed by atoms with Gasteiger partial charge in [-0.2, -0.15) is 0 Å². The maximum absolute atomic E-state index is 13.8. The molecule has 0 heterocycles. The van der Waals surface area contributed by atoms with E-state index in [1.165, 1.54) is 0 Å². The molecule has 0 aliphatic heterocycles. The highest BCUT2D eigenvalue weighted by Crippen LogP contribution is 2.28. The quantitative estimate of drug-likeness (QED) is 0.204. The second-order valence-corrected chi connectivity index (χ2v) is 14.4. The molecule has 2 aromatic rings. The zero-order chi connectivity index (χ0) is 27.2. The molecule has 0 atom stereocenters. The van der Waals surface area contributed by atoms with E-state index in [1.54, 1.807) is 0 Å². The van der Waals surface area contributed by atoms with E-state index in [0.29, 0.717) is 0 Å². The van der Waals surface area contributed by atoms with Gasteiger partial charge in [0.05, 0.1) is 0 Å². The van der Waals surface area contributed by atoms with Gasteiger partial charge in [-0.05, 0) is 26.2 Å². The van der Waals surface area contributed by atoms with Crippen LogP contribution < -0.4 is 0 Å². The van der Waals surface area contributed by atoms with Gasteiger partial charge >= 0.3 is 29.1 Å². The van der Waals surface area contributed by atoms with Gasteiger partial charge < -0.3 is 13.0 Å². The molecule has 192 valence electrons. The van der Waals surface area contributed by atoms with E-state index >= 15 is 0 Å². The highest BCUT2D eigenvalue weighted by Gasteiger charge is 2.44. The number of rotatable bonds is 6. The van der Waals surface area contributed by atoms with Crippen LogP contribution in [0.2, 0.25) is 26.2 Å². The van der Waals surface area contributed by atoms with Crippen molar-refractivity contribution in [1.29, 1.82) is 0 Å². The highest BCUT2D eigenvalue weighted by molar-refractivity contribution is 6.80. The molecule has 0 aromatic heterocycles. The number of carbonyl (C=O) groups excluding carboxylic acids is 2. The van der Waals surface area contributed by atoms with Crippen LogP contribution in [0.5, 0.6) is 0 Å². The average Bonchev–Trinajstić information content (AvgIpc) is 2.72. The maximum Gasteiger partial charge on any atom is 0.387 e. The maximum atomic E-state index is 13.8. The molecule has 0 fully saturated rings. The lowest BCUT2D eigenvalue weighted by molar-refractivity contribution is 0.0637. The van der Waals surface area contributed by atoms with Crippen LogP contribution in [0, 0.1) is 58.2 Å². The number of halogens is 10. The van der Waals surface area contributed by atoms with E-state index in [4.69, 9.17) is 13.0 Å². The largest absolute Gasteiger partial charge is 0.491 e. The monoisotopic (exact) mass is 554 g/mol. The SMILES string of the molecule is C[Si](C)(OC(=O)c1c(F)c(F)c(F)c(F)c1F)O[Si](C)(C)OC(=O)c1c(F)c(F)c(F)c(F)c1F. The first-order chi connectivity index (χ1) is 15.8. The third-order valence-corrected chi connectivity index (χ3v) is 9.28. The van der Waals surface area contributed by atoms with Crippen LogP contribution in [-0.2, 0) is 13.0 Å². The molecular formula is C18H12F10O5Si2. The zero-order valence-corrected chi connectivity index (χ0v) is 19.8. The van der Waals surface area contributed by atoms with Gasteiger partial charge in [-0.1, -0.05) is 0 Å². The van der Waals surface area contributed by atoms with Crippen LogP contribution in [0.25, 0.3) is 0 Å². The number of carbonyl (C=O) groups is 2. The standard InChI is InChI=1S/C18H12F10O5Si2/c1-34(2,31-17(29)5-7(19)11(23)15(27)12(24)8(5)20)33-35(3,4)32-18(30)6-9(21)13(25)16(28)14(26)10(6)22/h1-4H3. The first-order valence-corrected chi connectivity index (χ1v) is 14.7. The van der Waals surface area contributed by atoms with Gasteiger partial charge in [0.25, 0.3) is 0 Å². The number of hydrogen-bond donors (Lipinski definition) is 0. The normalized spacial score (nSPS) is 12.1. The zero-order valence-electron chi connectivity index (χ0n) is 17.8. The summed E-state index contributed by atoms with van der Waals surface area (Å²) < 4.78 is 150. The molecule has 0 bridgehead atoms. The first-order valence-electron chi connectivity index (χ1n) is 9.02. The van der Waals surface area contributed by atoms with Crippen LogP contribution in [0.3, 0.4) is 0 Å². The predicted octanol–water partition coefficient (Wildman–Crippen LogP) is 5.51. The fourth-order valence-electron chi connectivity index (χ4n) is 2.75. The van der Waals surface area contributed by atoms with Crippen LogP contribution in [0.15, 0.2) is 0 Å². The lowest BCUT2D eigenvalue weighted by Crippen LogP contribution is -2.50. The van der Waals surface area contributed by atoms with E-state index in [-0.39, 0.29) is 0 Å². The molecule has 35 heavy (non-hydrogen) atoms. The Kier molecular flexibility index (Phi) is 7.77. The molecule has 0 saturated carbocycles. The summed E-state index contributed by atoms with van der Waals surface area (Å²) in [6.45, 7) is 3.99. The van der Waals surface area contributed by atoms with E-state index in [2.05, 4.69) is 0 Å². The summed E-state index contributed by atoms with van der Waals surface area (Å²) in [5.74, 6) is -28.8. The lowest BCUT2D eigenvalue weighted by Gasteiger charge is -2.31. The van der Waals surface area contributed by atoms with Crippen molar-refractivity contribution in [3.05, 3.63) is 69.3 Å². The van der Waals surface area contributed by atoms with Crippen LogP contribution in [0.1, 0.15) is 20.7 Å². The second-order valence-electron chi connectivity index (χ2n) is 7.57. The fraction of sp³-hybridized carbons (Fsp3) is 0.222. The molecule has 2 aromatic carbocycles. The van der Waals surface area contributed by atoms with Crippen molar-refractivity contribution in [2.45, 2.75) is 26.2 Å². The lowest BCUT2D eigenvalue weighted by atomic mass is 10.1. The van der Waals surface area contributed by atoms with Gasteiger partial charge in [0.1, 0.15) is 11.1 Å². The fourth-order valence-corrected chi connectivity index (χ4v) is 8.92. The molecular weight excluding hydrogens is 542 g/mol. The van der Waals surface area contributed by atoms with Crippen LogP contribution in [0.4, 0.5) is 43.9 Å². The molecule has 0 aliphatic rings. The Bertz CT molecular complexity index is 1080. The predicted molar refractivity (Wildman–Crippen MR) is 99.3 cm³/mol. The molecule has 0 amide bonds. The Morgan fingerprint density at radius 2 is 0.657 bits per heavy atom. The summed E-state index contributed by atoms with van der Waals surface area (Å²) in [5, 5.41) is 0. The van der Waals surface area contributed by atoms with E-state index in [0.717, 1.165) is 26.2 Å². The third kappa shape index (κ3) is 5.51. The molecule has 2 rings (SSSR count). The average molecular weight is 554 g/mol. The first kappa shape index (κ1) is 28.3. The molecule has 17 heteroatoms. The van der Waals surface area contributed by atoms with Gasteiger partial charge in [-0.15, -0.1) is 0 Å². The molecule has 0 spiro atoms. The van der Waals surface area contributed by atoms with Crippen molar-refractivity contribution in [1.82, 2.24) is 0 Å². The summed E-state index contributed by atoms with van der Waals surface area (Å²) in [4.78, 5) is 24.3. The topological polar surface area (TPSA) is 61.8 Å². The van der Waals surface area contributed by atoms with Crippen molar-refractivity contribution < 1.29 is 66.5 Å². The smallest absolute Gasteiger partial charge is 0.387 e. The minimum absolute atomic E-state index is 0.998. The van der Waals surface area contributed by atoms with Crippen molar-refractivity contribution in [3.63, 3.8) is 0 Å². The molecule has 0 aliphatic carbocycles. The highest BCUT2D eigenvalue weighted by atomic mass is 28.5. The summed E-state index contributed by atoms with van der Waals surface area (Å²) in [5.41, 5.74) is -3.88. The van der Waals surface area contributed by atoms with Gasteiger partial charge in [0, 0.05) is 0 Å². The van der Waals surface area contributed by atoms with E-state index < -0.39 is 98.4 Å². The molecule has 0 unspecified atom stereocenters. The van der Waals surface area contributed by atoms with E-state index in [1.807, 2.05) is 0 Å². The Labute approximate surface area is 191 Å². The van der Waals surface area contributed by atoms with Crippen molar-refractivity contribution in [3.8, 4) is 0 Å². The Hall–Kier alpha value is -2.93. The van der Waals surface area contributed by atoms with Crippen molar-refractivity contribution in [2.24, 2.45) is 0 Å². The van der Waals surface area contributed by atoms with Gasteiger partial charge in [0.2, 0.25) is 11.6 Å². The van der Waals surface area contributed by atoms with Gasteiger partial charge in [-0.3, -0.25) is 0 Å². The van der Waals surface area contributed by atoms with Gasteiger partial charge in [-0.25, -0.2) is 53.5 Å². The van der Waals surface area contributed by atoms with Crippen molar-refractivity contribution in [2.75, 3.05) is 0 Å². The molecule has 0 saturated heterocycles.